The molecule has 5 nitrogen and oxygen atoms in total. The van der Waals surface area contributed by atoms with Gasteiger partial charge < -0.3 is 15.4 Å². The van der Waals surface area contributed by atoms with Crippen LogP contribution in [0.2, 0.25) is 10.0 Å². The molecule has 2 amide bonds. The number of amides is 2. The summed E-state index contributed by atoms with van der Waals surface area (Å²) in [5.41, 5.74) is 0.582. The molecule has 0 saturated heterocycles. The zero-order valence-corrected chi connectivity index (χ0v) is 19.4. The van der Waals surface area contributed by atoms with E-state index in [4.69, 9.17) is 27.9 Å². The van der Waals surface area contributed by atoms with Gasteiger partial charge in [0.25, 0.3) is 11.8 Å². The second-order valence-electron chi connectivity index (χ2n) is 7.66. The van der Waals surface area contributed by atoms with Crippen molar-refractivity contribution in [2.24, 2.45) is 0 Å². The van der Waals surface area contributed by atoms with E-state index in [0.717, 1.165) is 4.70 Å². The molecule has 0 saturated carbocycles. The minimum absolute atomic E-state index is 0.246. The summed E-state index contributed by atoms with van der Waals surface area (Å²) in [6.07, 6.45) is 0. The summed E-state index contributed by atoms with van der Waals surface area (Å²) in [5, 5.41) is 7.26. The summed E-state index contributed by atoms with van der Waals surface area (Å²) >= 11 is 13.9. The largest absolute Gasteiger partial charge is 0.492 e. The van der Waals surface area contributed by atoms with Gasteiger partial charge >= 0.3 is 0 Å². The van der Waals surface area contributed by atoms with Crippen LogP contribution >= 0.6 is 34.5 Å². The average Bonchev–Trinajstić information content (AvgIpc) is 3.00. The van der Waals surface area contributed by atoms with Crippen LogP contribution in [0.15, 0.2) is 36.4 Å². The Morgan fingerprint density at radius 1 is 1.10 bits per heavy atom. The first-order valence-corrected chi connectivity index (χ1v) is 10.9. The molecule has 2 aromatic carbocycles. The van der Waals surface area contributed by atoms with Gasteiger partial charge in [-0.2, -0.15) is 0 Å². The molecule has 1 heterocycles. The Morgan fingerprint density at radius 3 is 2.47 bits per heavy atom. The highest BCUT2D eigenvalue weighted by Crippen LogP contribution is 2.39. The SMILES string of the molecule is CCOc1ccc(C(=O)Nc2cccc3c(Cl)c(C(=O)NC(C)(C)C)sc23)cc1Cl. The van der Waals surface area contributed by atoms with Crippen molar-refractivity contribution in [1.29, 1.82) is 0 Å². The highest BCUT2D eigenvalue weighted by molar-refractivity contribution is 7.22. The third-order valence-corrected chi connectivity index (χ3v) is 6.13. The number of anilines is 1. The molecule has 158 valence electrons. The second kappa shape index (κ2) is 8.84. The van der Waals surface area contributed by atoms with E-state index in [-0.39, 0.29) is 17.4 Å². The molecule has 8 heteroatoms. The Hall–Kier alpha value is -2.28. The lowest BCUT2D eigenvalue weighted by atomic mass is 10.1. The van der Waals surface area contributed by atoms with Crippen molar-refractivity contribution in [2.75, 3.05) is 11.9 Å². The van der Waals surface area contributed by atoms with Gasteiger partial charge in [-0.3, -0.25) is 9.59 Å². The van der Waals surface area contributed by atoms with Crippen LogP contribution in [-0.4, -0.2) is 24.0 Å². The molecule has 1 aromatic heterocycles. The molecule has 2 N–H and O–H groups in total. The fourth-order valence-electron chi connectivity index (χ4n) is 2.84. The zero-order chi connectivity index (χ0) is 22.1. The molecule has 0 fully saturated rings. The molecule has 0 unspecified atom stereocenters. The maximum atomic E-state index is 12.8. The number of benzene rings is 2. The topological polar surface area (TPSA) is 67.4 Å². The Morgan fingerprint density at radius 2 is 1.83 bits per heavy atom. The van der Waals surface area contributed by atoms with Crippen LogP contribution in [0.1, 0.15) is 47.7 Å². The molecule has 0 aliphatic heterocycles. The molecule has 3 aromatic rings. The third kappa shape index (κ3) is 4.89. The number of hydrogen-bond acceptors (Lipinski definition) is 4. The van der Waals surface area contributed by atoms with Crippen LogP contribution in [0.25, 0.3) is 10.1 Å². The summed E-state index contributed by atoms with van der Waals surface area (Å²) < 4.78 is 6.13. The van der Waals surface area contributed by atoms with E-state index in [9.17, 15) is 9.59 Å². The fraction of sp³-hybridized carbons (Fsp3) is 0.273. The predicted octanol–water partition coefficient (Wildman–Crippen LogP) is 6.39. The van der Waals surface area contributed by atoms with Gasteiger partial charge in [0.05, 0.1) is 27.0 Å². The van der Waals surface area contributed by atoms with Crippen molar-refractivity contribution in [1.82, 2.24) is 5.32 Å². The highest BCUT2D eigenvalue weighted by atomic mass is 35.5. The molecule has 0 aliphatic carbocycles. The van der Waals surface area contributed by atoms with E-state index < -0.39 is 0 Å². The Kier molecular flexibility index (Phi) is 6.60. The highest BCUT2D eigenvalue weighted by Gasteiger charge is 2.23. The number of nitrogens with one attached hydrogen (secondary N) is 2. The lowest BCUT2D eigenvalue weighted by Gasteiger charge is -2.19. The standard InChI is InChI=1S/C22H22Cl2N2O3S/c1-5-29-16-10-9-12(11-14(16)23)20(27)25-15-8-6-7-13-17(24)19(30-18(13)15)21(28)26-22(2,3)4/h6-11H,5H2,1-4H3,(H,25,27)(H,26,28). The lowest BCUT2D eigenvalue weighted by molar-refractivity contribution is 0.0923. The predicted molar refractivity (Wildman–Crippen MR) is 125 cm³/mol. The van der Waals surface area contributed by atoms with Crippen molar-refractivity contribution in [2.45, 2.75) is 33.2 Å². The summed E-state index contributed by atoms with van der Waals surface area (Å²) in [6.45, 7) is 8.05. The van der Waals surface area contributed by atoms with E-state index >= 15 is 0 Å². The van der Waals surface area contributed by atoms with E-state index in [1.54, 1.807) is 30.3 Å². The number of hydrogen-bond donors (Lipinski definition) is 2. The normalized spacial score (nSPS) is 11.4. The minimum Gasteiger partial charge on any atom is -0.492 e. The smallest absolute Gasteiger partial charge is 0.263 e. The number of rotatable bonds is 5. The number of carbonyl (C=O) groups is 2. The van der Waals surface area contributed by atoms with Gasteiger partial charge in [-0.05, 0) is 52.0 Å². The molecule has 0 spiro atoms. The van der Waals surface area contributed by atoms with E-state index in [0.29, 0.717) is 43.9 Å². The first kappa shape index (κ1) is 22.4. The second-order valence-corrected chi connectivity index (χ2v) is 9.47. The summed E-state index contributed by atoms with van der Waals surface area (Å²) in [4.78, 5) is 25.8. The molecule has 0 aliphatic rings. The van der Waals surface area contributed by atoms with E-state index in [1.807, 2.05) is 33.8 Å². The van der Waals surface area contributed by atoms with Crippen LogP contribution in [0, 0.1) is 0 Å². The quantitative estimate of drug-likeness (QED) is 0.459. The van der Waals surface area contributed by atoms with Gasteiger partial charge in [-0.1, -0.05) is 35.3 Å². The molecule has 0 atom stereocenters. The van der Waals surface area contributed by atoms with Crippen molar-refractivity contribution in [3.63, 3.8) is 0 Å². The van der Waals surface area contributed by atoms with Gasteiger partial charge in [0.15, 0.2) is 0 Å². The molecule has 0 bridgehead atoms. The van der Waals surface area contributed by atoms with Crippen LogP contribution in [-0.2, 0) is 0 Å². The lowest BCUT2D eigenvalue weighted by Crippen LogP contribution is -2.40. The molecule has 3 rings (SSSR count). The Labute approximate surface area is 189 Å². The first-order chi connectivity index (χ1) is 14.1. The third-order valence-electron chi connectivity index (χ3n) is 4.09. The van der Waals surface area contributed by atoms with Crippen molar-refractivity contribution >= 4 is 62.1 Å². The fourth-order valence-corrected chi connectivity index (χ4v) is 4.55. The molecular weight excluding hydrogens is 443 g/mol. The number of fused-ring (bicyclic) bond motifs is 1. The van der Waals surface area contributed by atoms with Crippen molar-refractivity contribution < 1.29 is 14.3 Å². The first-order valence-electron chi connectivity index (χ1n) is 9.38. The van der Waals surface area contributed by atoms with E-state index in [2.05, 4.69) is 10.6 Å². The van der Waals surface area contributed by atoms with Crippen molar-refractivity contribution in [3.05, 3.63) is 56.9 Å². The van der Waals surface area contributed by atoms with Crippen LogP contribution in [0.3, 0.4) is 0 Å². The van der Waals surface area contributed by atoms with Crippen molar-refractivity contribution in [3.8, 4) is 5.75 Å². The average molecular weight is 465 g/mol. The molecule has 30 heavy (non-hydrogen) atoms. The minimum atomic E-state index is -0.388. The Bertz CT molecular complexity index is 1120. The van der Waals surface area contributed by atoms with Gasteiger partial charge in [-0.25, -0.2) is 0 Å². The maximum Gasteiger partial charge on any atom is 0.263 e. The van der Waals surface area contributed by atoms with Gasteiger partial charge in [0.2, 0.25) is 0 Å². The zero-order valence-electron chi connectivity index (χ0n) is 17.1. The molecule has 0 radical (unpaired) electrons. The number of halogens is 2. The summed E-state index contributed by atoms with van der Waals surface area (Å²) in [5.74, 6) is -0.0423. The van der Waals surface area contributed by atoms with Crippen LogP contribution < -0.4 is 15.4 Å². The maximum absolute atomic E-state index is 12.8. The number of carbonyl (C=O) groups excluding carboxylic acids is 2. The van der Waals surface area contributed by atoms with Crippen LogP contribution in [0.5, 0.6) is 5.75 Å². The van der Waals surface area contributed by atoms with Gasteiger partial charge in [0, 0.05) is 16.5 Å². The van der Waals surface area contributed by atoms with Gasteiger partial charge in [0.1, 0.15) is 10.6 Å². The summed E-state index contributed by atoms with van der Waals surface area (Å²) in [7, 11) is 0. The Balaban J connectivity index is 1.91. The van der Waals surface area contributed by atoms with E-state index in [1.165, 1.54) is 11.3 Å². The molecular formula is C22H22Cl2N2O3S. The van der Waals surface area contributed by atoms with Crippen LogP contribution in [0.4, 0.5) is 5.69 Å². The number of thiophene rings is 1. The van der Waals surface area contributed by atoms with Gasteiger partial charge in [-0.15, -0.1) is 11.3 Å². The number of ether oxygens (including phenoxy) is 1. The monoisotopic (exact) mass is 464 g/mol. The summed E-state index contributed by atoms with van der Waals surface area (Å²) in [6, 6.07) is 10.3.